The highest BCUT2D eigenvalue weighted by atomic mass is 32.2. The molecule has 9 nitrogen and oxygen atoms in total. The summed E-state index contributed by atoms with van der Waals surface area (Å²) in [6.07, 6.45) is 2.76. The molecule has 0 spiro atoms. The molecule has 0 bridgehead atoms. The number of nitrogens with one attached hydrogen (secondary N) is 1. The second-order valence-electron chi connectivity index (χ2n) is 8.64. The van der Waals surface area contributed by atoms with Crippen LogP contribution in [0.25, 0.3) is 0 Å². The average Bonchev–Trinajstić information content (AvgIpc) is 2.87. The second kappa shape index (κ2) is 12.6. The van der Waals surface area contributed by atoms with Crippen molar-refractivity contribution in [1.29, 1.82) is 0 Å². The van der Waals surface area contributed by atoms with Gasteiger partial charge in [-0.25, -0.2) is 8.42 Å². The fourth-order valence-electron chi connectivity index (χ4n) is 4.06. The number of sulfonamides is 1. The molecule has 3 rings (SSSR count). The fraction of sp³-hybridized carbons (Fsp3) is 0.462. The first-order valence-corrected chi connectivity index (χ1v) is 14.1. The predicted molar refractivity (Wildman–Crippen MR) is 139 cm³/mol. The van der Waals surface area contributed by atoms with Gasteiger partial charge in [0, 0.05) is 19.2 Å². The van der Waals surface area contributed by atoms with E-state index in [1.807, 2.05) is 44.2 Å². The van der Waals surface area contributed by atoms with E-state index in [1.54, 1.807) is 18.2 Å². The molecule has 1 aliphatic heterocycles. The van der Waals surface area contributed by atoms with Crippen LogP contribution in [0.15, 0.2) is 48.5 Å². The van der Waals surface area contributed by atoms with Gasteiger partial charge < -0.3 is 19.7 Å². The molecular weight excluding hydrogens is 482 g/mol. The maximum atomic E-state index is 13.6. The lowest BCUT2D eigenvalue weighted by Crippen LogP contribution is -2.53. The number of carbonyl (C=O) groups excluding carboxylic acids is 2. The van der Waals surface area contributed by atoms with Crippen molar-refractivity contribution >= 4 is 27.5 Å². The van der Waals surface area contributed by atoms with Crippen LogP contribution in [0.1, 0.15) is 32.3 Å². The molecule has 0 aliphatic carbocycles. The molecule has 0 fully saturated rings. The summed E-state index contributed by atoms with van der Waals surface area (Å²) in [4.78, 5) is 28.1. The van der Waals surface area contributed by atoms with E-state index in [9.17, 15) is 18.0 Å². The lowest BCUT2D eigenvalue weighted by molar-refractivity contribution is -0.139. The maximum Gasteiger partial charge on any atom is 0.244 e. The molecule has 0 radical (unpaired) electrons. The van der Waals surface area contributed by atoms with Crippen LogP contribution < -0.4 is 19.1 Å². The van der Waals surface area contributed by atoms with Gasteiger partial charge in [-0.05, 0) is 37.0 Å². The van der Waals surface area contributed by atoms with Crippen molar-refractivity contribution in [3.05, 3.63) is 54.1 Å². The molecule has 2 aromatic carbocycles. The van der Waals surface area contributed by atoms with E-state index >= 15 is 0 Å². The summed E-state index contributed by atoms with van der Waals surface area (Å²) in [7, 11) is -3.82. The minimum Gasteiger partial charge on any atom is -0.486 e. The van der Waals surface area contributed by atoms with Crippen molar-refractivity contribution in [3.8, 4) is 11.5 Å². The summed E-state index contributed by atoms with van der Waals surface area (Å²) in [5, 5.41) is 2.87. The van der Waals surface area contributed by atoms with Crippen molar-refractivity contribution in [1.82, 2.24) is 10.2 Å². The van der Waals surface area contributed by atoms with Crippen LogP contribution in [0.3, 0.4) is 0 Å². The molecule has 2 amide bonds. The average molecular weight is 518 g/mol. The standard InChI is InChI=1S/C26H35N3O6S/c1-4-14-27-26(31)22(5-2)28(15-13-20-9-7-6-8-10-20)25(30)19-29(36(3,32)33)21-11-12-23-24(18-21)35-17-16-34-23/h6-12,18,22H,4-5,13-17,19H2,1-3H3,(H,27,31)/t22-/m0/s1. The molecule has 0 unspecified atom stereocenters. The summed E-state index contributed by atoms with van der Waals surface area (Å²) in [5.74, 6) is 0.245. The van der Waals surface area contributed by atoms with Gasteiger partial charge in [0.15, 0.2) is 11.5 Å². The van der Waals surface area contributed by atoms with Crippen LogP contribution in [0.4, 0.5) is 5.69 Å². The van der Waals surface area contributed by atoms with Gasteiger partial charge in [0.05, 0.1) is 11.9 Å². The van der Waals surface area contributed by atoms with Crippen molar-refractivity contribution in [3.63, 3.8) is 0 Å². The van der Waals surface area contributed by atoms with E-state index < -0.39 is 28.5 Å². The minimum atomic E-state index is -3.82. The zero-order chi connectivity index (χ0) is 26.1. The number of hydrogen-bond donors (Lipinski definition) is 1. The van der Waals surface area contributed by atoms with Crippen LogP contribution in [0, 0.1) is 0 Å². The smallest absolute Gasteiger partial charge is 0.244 e. The Balaban J connectivity index is 1.88. The number of fused-ring (bicyclic) bond motifs is 1. The predicted octanol–water partition coefficient (Wildman–Crippen LogP) is 2.60. The Bertz CT molecular complexity index is 1140. The highest BCUT2D eigenvalue weighted by molar-refractivity contribution is 7.92. The normalized spacial score (nSPS) is 13.5. The molecule has 1 aliphatic rings. The molecule has 10 heteroatoms. The van der Waals surface area contributed by atoms with Gasteiger partial charge in [0.25, 0.3) is 0 Å². The number of carbonyl (C=O) groups is 2. The van der Waals surface area contributed by atoms with Crippen molar-refractivity contribution in [2.45, 2.75) is 39.2 Å². The molecule has 36 heavy (non-hydrogen) atoms. The molecule has 2 aromatic rings. The Kier molecular flexibility index (Phi) is 9.58. The Morgan fingerprint density at radius 3 is 2.36 bits per heavy atom. The number of rotatable bonds is 12. The maximum absolute atomic E-state index is 13.6. The van der Waals surface area contributed by atoms with Crippen molar-refractivity contribution in [2.24, 2.45) is 0 Å². The van der Waals surface area contributed by atoms with Crippen LogP contribution in [-0.4, -0.2) is 70.3 Å². The highest BCUT2D eigenvalue weighted by Crippen LogP contribution is 2.34. The van der Waals surface area contributed by atoms with Crippen LogP contribution in [-0.2, 0) is 26.0 Å². The Morgan fingerprint density at radius 2 is 1.72 bits per heavy atom. The van der Waals surface area contributed by atoms with E-state index in [0.29, 0.717) is 49.8 Å². The molecule has 1 N–H and O–H groups in total. The first-order chi connectivity index (χ1) is 17.2. The molecule has 0 saturated heterocycles. The number of benzene rings is 2. The van der Waals surface area contributed by atoms with E-state index in [4.69, 9.17) is 9.47 Å². The van der Waals surface area contributed by atoms with Gasteiger partial charge in [-0.3, -0.25) is 13.9 Å². The largest absolute Gasteiger partial charge is 0.486 e. The zero-order valence-electron chi connectivity index (χ0n) is 21.1. The van der Waals surface area contributed by atoms with E-state index in [0.717, 1.165) is 22.5 Å². The lowest BCUT2D eigenvalue weighted by atomic mass is 10.1. The first-order valence-electron chi connectivity index (χ1n) is 12.2. The first kappa shape index (κ1) is 27.3. The number of anilines is 1. The van der Waals surface area contributed by atoms with Crippen LogP contribution in [0.5, 0.6) is 11.5 Å². The van der Waals surface area contributed by atoms with Gasteiger partial charge in [0.1, 0.15) is 25.8 Å². The number of ether oxygens (including phenoxy) is 2. The van der Waals surface area contributed by atoms with E-state index in [-0.39, 0.29) is 12.5 Å². The summed E-state index contributed by atoms with van der Waals surface area (Å²) < 4.78 is 37.7. The lowest BCUT2D eigenvalue weighted by Gasteiger charge is -2.33. The second-order valence-corrected chi connectivity index (χ2v) is 10.5. The van der Waals surface area contributed by atoms with Gasteiger partial charge in [0.2, 0.25) is 21.8 Å². The number of hydrogen-bond acceptors (Lipinski definition) is 6. The third kappa shape index (κ3) is 7.13. The van der Waals surface area contributed by atoms with Gasteiger partial charge >= 0.3 is 0 Å². The van der Waals surface area contributed by atoms with Gasteiger partial charge in [-0.1, -0.05) is 44.2 Å². The molecule has 0 aromatic heterocycles. The molecule has 1 heterocycles. The zero-order valence-corrected chi connectivity index (χ0v) is 21.9. The molecule has 0 saturated carbocycles. The topological polar surface area (TPSA) is 105 Å². The Hall–Kier alpha value is -3.27. The Morgan fingerprint density at radius 1 is 1.03 bits per heavy atom. The SMILES string of the molecule is CCCNC(=O)[C@H](CC)N(CCc1ccccc1)C(=O)CN(c1ccc2c(c1)OCCO2)S(C)(=O)=O. The fourth-order valence-corrected chi connectivity index (χ4v) is 4.90. The minimum absolute atomic E-state index is 0.244. The van der Waals surface area contributed by atoms with E-state index in [1.165, 1.54) is 4.90 Å². The number of amides is 2. The van der Waals surface area contributed by atoms with Gasteiger partial charge in [-0.2, -0.15) is 0 Å². The molecular formula is C26H35N3O6S. The van der Waals surface area contributed by atoms with Gasteiger partial charge in [-0.15, -0.1) is 0 Å². The quantitative estimate of drug-likeness (QED) is 0.464. The summed E-state index contributed by atoms with van der Waals surface area (Å²) >= 11 is 0. The number of nitrogens with zero attached hydrogens (tertiary/aromatic N) is 2. The van der Waals surface area contributed by atoms with Crippen LogP contribution in [0.2, 0.25) is 0 Å². The third-order valence-corrected chi connectivity index (χ3v) is 7.05. The summed E-state index contributed by atoms with van der Waals surface area (Å²) in [6, 6.07) is 13.7. The summed E-state index contributed by atoms with van der Waals surface area (Å²) in [6.45, 7) is 4.90. The monoisotopic (exact) mass is 517 g/mol. The molecule has 1 atom stereocenters. The molecule has 196 valence electrons. The Labute approximate surface area is 213 Å². The van der Waals surface area contributed by atoms with Crippen LogP contribution >= 0.6 is 0 Å². The summed E-state index contributed by atoms with van der Waals surface area (Å²) in [5.41, 5.74) is 1.31. The van der Waals surface area contributed by atoms with E-state index in [2.05, 4.69) is 5.32 Å². The van der Waals surface area contributed by atoms with Crippen molar-refractivity contribution in [2.75, 3.05) is 43.4 Å². The van der Waals surface area contributed by atoms with Crippen molar-refractivity contribution < 1.29 is 27.5 Å². The third-order valence-electron chi connectivity index (χ3n) is 5.91. The highest BCUT2D eigenvalue weighted by Gasteiger charge is 2.31.